The minimum Gasteiger partial charge on any atom is -0.355 e. The average molecular weight is 465 g/mol. The molecular weight excluding hydrogens is 425 g/mol. The summed E-state index contributed by atoms with van der Waals surface area (Å²) in [5.74, 6) is 1.73. The molecule has 0 aromatic carbocycles. The van der Waals surface area contributed by atoms with Crippen molar-refractivity contribution in [3.63, 3.8) is 0 Å². The van der Waals surface area contributed by atoms with Gasteiger partial charge in [0.1, 0.15) is 0 Å². The third-order valence-corrected chi connectivity index (χ3v) is 5.43. The number of hydrogen-bond donors (Lipinski definition) is 2. The summed E-state index contributed by atoms with van der Waals surface area (Å²) >= 11 is 0. The molecule has 0 amide bonds. The van der Waals surface area contributed by atoms with E-state index in [1.165, 1.54) is 51.9 Å². The Bertz CT molecular complexity index is 391. The highest BCUT2D eigenvalue weighted by molar-refractivity contribution is 14.0. The van der Waals surface area contributed by atoms with Crippen LogP contribution in [0.4, 0.5) is 0 Å². The summed E-state index contributed by atoms with van der Waals surface area (Å²) in [5.41, 5.74) is 0. The number of rotatable bonds is 6. The second kappa shape index (κ2) is 11.6. The fourth-order valence-corrected chi connectivity index (χ4v) is 4.00. The van der Waals surface area contributed by atoms with Crippen LogP contribution in [0.1, 0.15) is 53.4 Å². The van der Waals surface area contributed by atoms with Gasteiger partial charge in [0, 0.05) is 51.4 Å². The van der Waals surface area contributed by atoms with Gasteiger partial charge in [-0.25, -0.2) is 0 Å². The molecule has 1 atom stereocenters. The van der Waals surface area contributed by atoms with Crippen LogP contribution >= 0.6 is 24.0 Å². The van der Waals surface area contributed by atoms with E-state index in [4.69, 9.17) is 0 Å². The number of nitrogens with one attached hydrogen (secondary N) is 2. The summed E-state index contributed by atoms with van der Waals surface area (Å²) in [4.78, 5) is 9.66. The Balaban J connectivity index is 0.00000312. The molecule has 0 aromatic heterocycles. The van der Waals surface area contributed by atoms with Gasteiger partial charge in [0.25, 0.3) is 0 Å². The zero-order chi connectivity index (χ0) is 17.5. The van der Waals surface area contributed by atoms with E-state index < -0.39 is 0 Å². The number of piperidine rings is 1. The van der Waals surface area contributed by atoms with Crippen LogP contribution in [-0.2, 0) is 0 Å². The van der Waals surface area contributed by atoms with Crippen molar-refractivity contribution in [1.29, 1.82) is 0 Å². The second-order valence-corrected chi connectivity index (χ2v) is 8.19. The van der Waals surface area contributed by atoms with Crippen LogP contribution < -0.4 is 10.6 Å². The van der Waals surface area contributed by atoms with Crippen LogP contribution in [0.2, 0.25) is 0 Å². The first-order valence-electron chi connectivity index (χ1n) is 9.95. The SMILES string of the molecule is CN=C(NC[C@H]1CCCN1CC(C)C)NC1CCN(C(C)C)CC1.I. The van der Waals surface area contributed by atoms with E-state index in [2.05, 4.69) is 53.1 Å². The number of hydrogen-bond acceptors (Lipinski definition) is 3. The maximum absolute atomic E-state index is 4.45. The molecule has 0 spiro atoms. The summed E-state index contributed by atoms with van der Waals surface area (Å²) in [7, 11) is 1.89. The smallest absolute Gasteiger partial charge is 0.191 e. The Labute approximate surface area is 172 Å². The highest BCUT2D eigenvalue weighted by atomic mass is 127. The van der Waals surface area contributed by atoms with E-state index in [0.717, 1.165) is 18.4 Å². The van der Waals surface area contributed by atoms with Gasteiger partial charge in [-0.15, -0.1) is 24.0 Å². The predicted octanol–water partition coefficient (Wildman–Crippen LogP) is 2.76. The normalized spacial score (nSPS) is 24.0. The summed E-state index contributed by atoms with van der Waals surface area (Å²) in [6.45, 7) is 15.1. The maximum Gasteiger partial charge on any atom is 0.191 e. The summed E-state index contributed by atoms with van der Waals surface area (Å²) < 4.78 is 0. The molecule has 2 saturated heterocycles. The second-order valence-electron chi connectivity index (χ2n) is 8.19. The average Bonchev–Trinajstić information content (AvgIpc) is 2.98. The molecule has 2 fully saturated rings. The summed E-state index contributed by atoms with van der Waals surface area (Å²) in [6, 6.07) is 1.88. The summed E-state index contributed by atoms with van der Waals surface area (Å²) in [5, 5.41) is 7.22. The highest BCUT2D eigenvalue weighted by Gasteiger charge is 2.25. The van der Waals surface area contributed by atoms with Crippen LogP contribution in [0.3, 0.4) is 0 Å². The quantitative estimate of drug-likeness (QED) is 0.360. The molecule has 2 heterocycles. The van der Waals surface area contributed by atoms with Crippen LogP contribution in [0.25, 0.3) is 0 Å². The van der Waals surface area contributed by atoms with Crippen LogP contribution in [0.5, 0.6) is 0 Å². The lowest BCUT2D eigenvalue weighted by Crippen LogP contribution is -2.51. The molecule has 2 aliphatic heterocycles. The Morgan fingerprint density at radius 1 is 1.08 bits per heavy atom. The van der Waals surface area contributed by atoms with Crippen molar-refractivity contribution in [3.05, 3.63) is 0 Å². The predicted molar refractivity (Wildman–Crippen MR) is 119 cm³/mol. The Kier molecular flexibility index (Phi) is 10.6. The van der Waals surface area contributed by atoms with Crippen LogP contribution in [0, 0.1) is 5.92 Å². The van der Waals surface area contributed by atoms with Crippen LogP contribution in [-0.4, -0.2) is 73.7 Å². The molecule has 0 saturated carbocycles. The van der Waals surface area contributed by atoms with Crippen molar-refractivity contribution < 1.29 is 0 Å². The first-order chi connectivity index (χ1) is 11.5. The standard InChI is InChI=1S/C19H39N5.HI/c1-15(2)14-24-10-6-7-18(24)13-21-19(20-5)22-17-8-11-23(12-9-17)16(3)4;/h15-18H,6-14H2,1-5H3,(H2,20,21,22);1H/t18-;/m1./s1. The first kappa shape index (κ1) is 23.0. The molecule has 25 heavy (non-hydrogen) atoms. The van der Waals surface area contributed by atoms with Gasteiger partial charge in [-0.3, -0.25) is 9.89 Å². The monoisotopic (exact) mass is 465 g/mol. The molecular formula is C19H40IN5. The maximum atomic E-state index is 4.45. The number of halogens is 1. The molecule has 2 N–H and O–H groups in total. The third-order valence-electron chi connectivity index (χ3n) is 5.43. The zero-order valence-corrected chi connectivity index (χ0v) is 19.3. The van der Waals surface area contributed by atoms with Gasteiger partial charge in [-0.05, 0) is 52.0 Å². The zero-order valence-electron chi connectivity index (χ0n) is 16.9. The van der Waals surface area contributed by atoms with Crippen molar-refractivity contribution in [3.8, 4) is 0 Å². The Hall–Kier alpha value is -0.0800. The van der Waals surface area contributed by atoms with Crippen molar-refractivity contribution in [1.82, 2.24) is 20.4 Å². The lowest BCUT2D eigenvalue weighted by atomic mass is 10.0. The Morgan fingerprint density at radius 3 is 2.32 bits per heavy atom. The van der Waals surface area contributed by atoms with E-state index in [1.807, 2.05) is 7.05 Å². The highest BCUT2D eigenvalue weighted by Crippen LogP contribution is 2.18. The van der Waals surface area contributed by atoms with Gasteiger partial charge in [0.2, 0.25) is 0 Å². The van der Waals surface area contributed by atoms with Gasteiger partial charge >= 0.3 is 0 Å². The van der Waals surface area contributed by atoms with E-state index in [9.17, 15) is 0 Å². The van der Waals surface area contributed by atoms with Crippen LogP contribution in [0.15, 0.2) is 4.99 Å². The molecule has 0 bridgehead atoms. The van der Waals surface area contributed by atoms with Gasteiger partial charge in [0.05, 0.1) is 0 Å². The van der Waals surface area contributed by atoms with Gasteiger partial charge in [-0.1, -0.05) is 13.8 Å². The number of aliphatic imine (C=N–C) groups is 1. The molecule has 0 aliphatic carbocycles. The fraction of sp³-hybridized carbons (Fsp3) is 0.947. The topological polar surface area (TPSA) is 42.9 Å². The van der Waals surface area contributed by atoms with Crippen molar-refractivity contribution >= 4 is 29.9 Å². The fourth-order valence-electron chi connectivity index (χ4n) is 4.00. The third kappa shape index (κ3) is 7.59. The Morgan fingerprint density at radius 2 is 1.76 bits per heavy atom. The molecule has 6 heteroatoms. The first-order valence-corrected chi connectivity index (χ1v) is 9.95. The minimum absolute atomic E-state index is 0. The van der Waals surface area contributed by atoms with E-state index in [1.54, 1.807) is 0 Å². The number of nitrogens with zero attached hydrogens (tertiary/aromatic N) is 3. The lowest BCUT2D eigenvalue weighted by molar-refractivity contribution is 0.167. The van der Waals surface area contributed by atoms with Gasteiger partial charge in [-0.2, -0.15) is 0 Å². The molecule has 2 aliphatic rings. The molecule has 0 radical (unpaired) electrons. The lowest BCUT2D eigenvalue weighted by Gasteiger charge is -2.35. The molecule has 0 unspecified atom stereocenters. The summed E-state index contributed by atoms with van der Waals surface area (Å²) in [6.07, 6.45) is 5.06. The molecule has 0 aromatic rings. The van der Waals surface area contributed by atoms with Gasteiger partial charge < -0.3 is 15.5 Å². The van der Waals surface area contributed by atoms with E-state index >= 15 is 0 Å². The van der Waals surface area contributed by atoms with E-state index in [0.29, 0.717) is 18.1 Å². The van der Waals surface area contributed by atoms with Crippen molar-refractivity contribution in [2.75, 3.05) is 39.8 Å². The van der Waals surface area contributed by atoms with E-state index in [-0.39, 0.29) is 24.0 Å². The molecule has 2 rings (SSSR count). The largest absolute Gasteiger partial charge is 0.355 e. The molecule has 5 nitrogen and oxygen atoms in total. The number of guanidine groups is 1. The van der Waals surface area contributed by atoms with Gasteiger partial charge in [0.15, 0.2) is 5.96 Å². The molecule has 148 valence electrons. The minimum atomic E-state index is 0. The number of likely N-dealkylation sites (tertiary alicyclic amines) is 2. The van der Waals surface area contributed by atoms with Crippen molar-refractivity contribution in [2.24, 2.45) is 10.9 Å². The van der Waals surface area contributed by atoms with Crippen molar-refractivity contribution in [2.45, 2.75) is 71.5 Å².